The molecule has 0 spiro atoms. The molecule has 0 aliphatic carbocycles. The molecule has 2 aromatic carbocycles. The third-order valence-electron chi connectivity index (χ3n) is 21.9. The number of imidazole rings is 3. The maximum absolute atomic E-state index is 13.5. The Morgan fingerprint density at radius 2 is 0.854 bits per heavy atom. The van der Waals surface area contributed by atoms with Crippen LogP contribution in [0.1, 0.15) is 97.9 Å². The van der Waals surface area contributed by atoms with Crippen LogP contribution in [0.3, 0.4) is 0 Å². The molecular formula is C87H106B2ClN21O9S2W-. The van der Waals surface area contributed by atoms with Gasteiger partial charge in [0.15, 0.2) is 22.9 Å². The van der Waals surface area contributed by atoms with E-state index >= 15 is 0 Å². The Morgan fingerprint density at radius 1 is 0.480 bits per heavy atom. The van der Waals surface area contributed by atoms with E-state index in [2.05, 4.69) is 86.4 Å². The number of morpholine rings is 3. The molecule has 123 heavy (non-hydrogen) atoms. The zero-order valence-corrected chi connectivity index (χ0v) is 77.3. The third kappa shape index (κ3) is 19.4. The van der Waals surface area contributed by atoms with Crippen LogP contribution >= 0.6 is 11.6 Å². The molecule has 645 valence electrons. The SMILES string of the molecule is C.CC.Cc1ccc(S(=O)(=O)n2ccc3c(-c4nc(-c5c(C)ncn5C)cc(N5CCOC[C@H]5C)n4)ccnc32)cc1.Cc1ccc(S(=O)(=O)n2ccc3c(B4OC(C)(C)C(C)(C)O4)ccnc32)cc1.Cc1ncn(C)c1-c1cc(N2CCOC[C@H]2C)nc(-c2ccnc3[nH]ccc23)n1.Cc1ncn(C)c1-c1cc(N2CCOC[C@H]2C)nc(Cl)n1.[B].[CH3-].[W]. The number of rotatable bonds is 13. The van der Waals surface area contributed by atoms with Gasteiger partial charge in [0.1, 0.15) is 23.1 Å². The Hall–Kier alpha value is -10.4. The Balaban J connectivity index is 0.000000172. The summed E-state index contributed by atoms with van der Waals surface area (Å²) in [5.74, 6) is 3.69. The summed E-state index contributed by atoms with van der Waals surface area (Å²) in [6.07, 6.45) is 15.3. The van der Waals surface area contributed by atoms with E-state index in [4.69, 9.17) is 55.1 Å². The van der Waals surface area contributed by atoms with Gasteiger partial charge in [0.25, 0.3) is 20.0 Å². The summed E-state index contributed by atoms with van der Waals surface area (Å²) < 4.78 is 90.6. The van der Waals surface area contributed by atoms with Gasteiger partial charge < -0.3 is 64.3 Å². The van der Waals surface area contributed by atoms with E-state index in [0.29, 0.717) is 85.5 Å². The molecule has 4 fully saturated rings. The molecule has 4 aliphatic rings. The van der Waals surface area contributed by atoms with Crippen LogP contribution in [0, 0.1) is 42.0 Å². The first-order valence-corrected chi connectivity index (χ1v) is 42.9. The summed E-state index contributed by atoms with van der Waals surface area (Å²) in [5.41, 5.74) is 12.9. The monoisotopic (exact) mass is 1890 g/mol. The Labute approximate surface area is 741 Å². The van der Waals surface area contributed by atoms with Crippen molar-refractivity contribution in [3.63, 3.8) is 0 Å². The summed E-state index contributed by atoms with van der Waals surface area (Å²) in [4.78, 5) is 65.3. The number of H-pyrrole nitrogens is 1. The Morgan fingerprint density at radius 3 is 1.26 bits per heavy atom. The van der Waals surface area contributed by atoms with Crippen LogP contribution in [0.25, 0.3) is 90.0 Å². The normalized spacial score (nSPS) is 16.7. The van der Waals surface area contributed by atoms with E-state index in [1.54, 1.807) is 91.9 Å². The average Bonchev–Trinajstić information content (AvgIpc) is 1.59. The number of halogens is 1. The van der Waals surface area contributed by atoms with Crippen LogP contribution < -0.4 is 20.2 Å². The van der Waals surface area contributed by atoms with E-state index in [1.165, 1.54) is 20.3 Å². The first-order valence-electron chi connectivity index (χ1n) is 39.6. The molecule has 14 aromatic rings. The van der Waals surface area contributed by atoms with Gasteiger partial charge in [-0.2, -0.15) is 0 Å². The van der Waals surface area contributed by atoms with E-state index in [0.717, 1.165) is 115 Å². The number of benzene rings is 2. The van der Waals surface area contributed by atoms with E-state index in [9.17, 15) is 16.8 Å². The van der Waals surface area contributed by atoms with Crippen molar-refractivity contribution >= 4 is 103 Å². The molecule has 18 rings (SSSR count). The minimum absolute atomic E-state index is 0. The number of hydrogen-bond donors (Lipinski definition) is 1. The maximum atomic E-state index is 13.5. The predicted molar refractivity (Wildman–Crippen MR) is 482 cm³/mol. The number of aromatic amines is 1. The molecule has 0 unspecified atom stereocenters. The van der Waals surface area contributed by atoms with Gasteiger partial charge in [0.2, 0.25) is 5.28 Å². The first-order chi connectivity index (χ1) is 56.9. The number of aryl methyl sites for hydroxylation is 8. The van der Waals surface area contributed by atoms with Gasteiger partial charge >= 0.3 is 7.12 Å². The number of nitrogens with zero attached hydrogens (tertiary/aromatic N) is 20. The van der Waals surface area contributed by atoms with Crippen LogP contribution in [-0.4, -0.2) is 207 Å². The van der Waals surface area contributed by atoms with Crippen LogP contribution in [0.2, 0.25) is 5.28 Å². The minimum Gasteiger partial charge on any atom is -0.399 e. The van der Waals surface area contributed by atoms with E-state index in [-0.39, 0.29) is 77.5 Å². The molecule has 0 saturated carbocycles. The standard InChI is InChI=1S/C28H29N7O3S.C21H23N7O.C20H23BN2O4S.C14H18ClN5O.C2H6.CH4.CH3.B.W/c1-18-5-7-21(8-6-18)39(36,37)35-12-10-23-22(9-11-29-28(23)35)27-31-24(26-20(3)30-17-33(26)4)15-25(32-27)34-13-14-38-16-19(34)2;1-13-11-29-9-8-28(13)18-10-17(19-14(2)24-12-27(19)3)25-21(26-18)16-5-7-23-20-15(16)4-6-22-20;1-14-6-8-15(9-7-14)28(24,25)23-13-11-16-17(10-12-22-18(16)23)21-26-19(2,3)20(4,5)27-21;1-9-7-21-5-4-20(9)12-6-11(17-14(15)18-12)13-10(2)16-8-19(13)3;1-2;;;;/h5-12,15,17,19H,13-14,16H2,1-4H3;4-7,10,12-13H,8-9,11H2,1-3H3,(H,22,23);6-13H,1-5H3;6,8-9H,4-5,7H2,1-3H3;1-2H3;1H4;1H3;;/q;;;;;;-1;;/t19-;13-;;9-;;;;;/m11.1...../s1. The smallest absolute Gasteiger partial charge is 0.399 e. The number of aromatic nitrogens is 18. The number of anilines is 3. The fourth-order valence-corrected chi connectivity index (χ4v) is 17.7. The molecule has 3 radical (unpaired) electrons. The Kier molecular flexibility index (Phi) is 30.2. The molecule has 0 bridgehead atoms. The maximum Gasteiger partial charge on any atom is 0.495 e. The topological polar surface area (TPSA) is 319 Å². The predicted octanol–water partition coefficient (Wildman–Crippen LogP) is 13.6. The molecule has 3 atom stereocenters. The zero-order valence-electron chi connectivity index (χ0n) is 72.0. The van der Waals surface area contributed by atoms with Crippen LogP contribution in [0.5, 0.6) is 0 Å². The van der Waals surface area contributed by atoms with Crippen molar-refractivity contribution < 1.29 is 61.4 Å². The summed E-state index contributed by atoms with van der Waals surface area (Å²) in [7, 11) is -2.31. The number of nitrogens with one attached hydrogen (secondary N) is 1. The van der Waals surface area contributed by atoms with Gasteiger partial charge in [-0.15, -0.1) is 0 Å². The molecule has 30 nitrogen and oxygen atoms in total. The van der Waals surface area contributed by atoms with Crippen molar-refractivity contribution in [3.05, 3.63) is 200 Å². The first kappa shape index (κ1) is 94.8. The zero-order chi connectivity index (χ0) is 84.6. The van der Waals surface area contributed by atoms with Gasteiger partial charge in [-0.05, 0) is 161 Å². The summed E-state index contributed by atoms with van der Waals surface area (Å²) in [6, 6.07) is 31.4. The Bertz CT molecular complexity index is 6190. The van der Waals surface area contributed by atoms with E-state index in [1.807, 2.05) is 160 Å². The molecule has 12 aromatic heterocycles. The molecule has 1 N–H and O–H groups in total. The van der Waals surface area contributed by atoms with Crippen molar-refractivity contribution in [2.45, 2.75) is 143 Å². The molecule has 0 amide bonds. The summed E-state index contributed by atoms with van der Waals surface area (Å²) >= 11 is 6.13. The number of hydrogen-bond acceptors (Lipinski definition) is 24. The van der Waals surface area contributed by atoms with Gasteiger partial charge in [-0.3, -0.25) is 0 Å². The second kappa shape index (κ2) is 39.2. The van der Waals surface area contributed by atoms with Crippen LogP contribution in [0.4, 0.5) is 17.5 Å². The average molecular weight is 1890 g/mol. The minimum atomic E-state index is -3.85. The fraction of sp³-hybridized carbons (Fsp3) is 0.368. The largest absolute Gasteiger partial charge is 0.495 e. The van der Waals surface area contributed by atoms with Crippen LogP contribution in [-0.2, 0) is 85.8 Å². The van der Waals surface area contributed by atoms with Gasteiger partial charge in [0, 0.05) is 153 Å². The van der Waals surface area contributed by atoms with Gasteiger partial charge in [-0.25, -0.2) is 84.6 Å². The van der Waals surface area contributed by atoms with E-state index < -0.39 is 38.4 Å². The van der Waals surface area contributed by atoms with Gasteiger partial charge in [0.05, 0.1) is 149 Å². The summed E-state index contributed by atoms with van der Waals surface area (Å²) in [5, 5.41) is 2.60. The molecule has 4 saturated heterocycles. The third-order valence-corrected chi connectivity index (χ3v) is 25.5. The van der Waals surface area contributed by atoms with Crippen molar-refractivity contribution in [2.24, 2.45) is 21.1 Å². The fourth-order valence-electron chi connectivity index (χ4n) is 14.9. The number of fused-ring (bicyclic) bond motifs is 3. The molecule has 36 heteroatoms. The molecular weight excluding hydrogens is 1790 g/mol. The van der Waals surface area contributed by atoms with Crippen molar-refractivity contribution in [2.75, 3.05) is 74.0 Å². The van der Waals surface area contributed by atoms with Gasteiger partial charge in [-0.1, -0.05) is 56.7 Å². The second-order valence-electron chi connectivity index (χ2n) is 30.8. The quantitative estimate of drug-likeness (QED) is 0.0636. The molecule has 4 aliphatic heterocycles. The van der Waals surface area contributed by atoms with Crippen LogP contribution in [0.15, 0.2) is 169 Å². The molecule has 16 heterocycles. The van der Waals surface area contributed by atoms with Crippen molar-refractivity contribution in [1.82, 2.24) is 86.4 Å². The second-order valence-corrected chi connectivity index (χ2v) is 34.7. The summed E-state index contributed by atoms with van der Waals surface area (Å²) in [6.45, 7) is 34.4. The number of ether oxygens (including phenoxy) is 3. The number of pyridine rings is 3. The van der Waals surface area contributed by atoms with Crippen molar-refractivity contribution in [3.8, 4) is 56.9 Å². The van der Waals surface area contributed by atoms with Crippen molar-refractivity contribution in [1.29, 1.82) is 0 Å².